The molecule has 0 spiro atoms. The van der Waals surface area contributed by atoms with Crippen molar-refractivity contribution in [2.24, 2.45) is 10.8 Å². The third-order valence-electron chi connectivity index (χ3n) is 1.38. The Balaban J connectivity index is 4.06. The first-order valence-electron chi connectivity index (χ1n) is 4.95. The molecule has 1 amide bonds. The van der Waals surface area contributed by atoms with Crippen molar-refractivity contribution in [3.05, 3.63) is 0 Å². The first-order valence-corrected chi connectivity index (χ1v) is 4.95. The molecular weight excluding hydrogens is 194 g/mol. The highest BCUT2D eigenvalue weighted by Gasteiger charge is 2.12. The zero-order valence-corrected chi connectivity index (χ0v) is 9.85. The van der Waals surface area contributed by atoms with E-state index in [0.29, 0.717) is 12.5 Å². The number of hydrazine groups is 1. The van der Waals surface area contributed by atoms with Crippen LogP contribution in [0, 0.1) is 0 Å². The summed E-state index contributed by atoms with van der Waals surface area (Å²) in [5.74, 6) is 5.48. The molecule has 0 aliphatic heterocycles. The first-order chi connectivity index (χ1) is 6.89. The maximum absolute atomic E-state index is 11.4. The van der Waals surface area contributed by atoms with Crippen LogP contribution in [0.5, 0.6) is 0 Å². The molecule has 6 heteroatoms. The number of hydrogen-bond donors (Lipinski definition) is 4. The molecule has 0 heterocycles. The Morgan fingerprint density at radius 3 is 2.40 bits per heavy atom. The number of hydrogen-bond acceptors (Lipinski definition) is 3. The minimum atomic E-state index is -0.235. The van der Waals surface area contributed by atoms with Crippen molar-refractivity contribution in [2.75, 3.05) is 13.1 Å². The van der Waals surface area contributed by atoms with Crippen molar-refractivity contribution in [2.45, 2.75) is 33.2 Å². The van der Waals surface area contributed by atoms with E-state index in [9.17, 15) is 4.79 Å². The molecule has 5 N–H and O–H groups in total. The topological polar surface area (TPSA) is 91.5 Å². The lowest BCUT2D eigenvalue weighted by Crippen LogP contribution is -2.44. The summed E-state index contributed by atoms with van der Waals surface area (Å²) in [5.41, 5.74) is 2.15. The van der Waals surface area contributed by atoms with Crippen LogP contribution in [0.1, 0.15) is 27.7 Å². The summed E-state index contributed by atoms with van der Waals surface area (Å²) < 4.78 is 0. The van der Waals surface area contributed by atoms with E-state index in [-0.39, 0.29) is 18.0 Å². The normalized spacial score (nSPS) is 12.2. The van der Waals surface area contributed by atoms with Crippen LogP contribution in [-0.2, 0) is 4.79 Å². The molecule has 0 aliphatic carbocycles. The average Bonchev–Trinajstić information content (AvgIpc) is 2.09. The summed E-state index contributed by atoms with van der Waals surface area (Å²) in [5, 5.41) is 5.68. The van der Waals surface area contributed by atoms with Gasteiger partial charge in [0, 0.05) is 12.1 Å². The van der Waals surface area contributed by atoms with Crippen molar-refractivity contribution in [1.29, 1.82) is 0 Å². The number of nitrogens with one attached hydrogen (secondary N) is 3. The Hall–Kier alpha value is -1.30. The fourth-order valence-electron chi connectivity index (χ4n) is 0.929. The lowest BCUT2D eigenvalue weighted by molar-refractivity contribution is -0.121. The van der Waals surface area contributed by atoms with Crippen molar-refractivity contribution in [3.63, 3.8) is 0 Å². The monoisotopic (exact) mass is 215 g/mol. The van der Waals surface area contributed by atoms with Gasteiger partial charge in [0.1, 0.15) is 6.54 Å². The SMILES string of the molecule is CCNC(=NCC(=O)NC(C)(C)C)NN. The van der Waals surface area contributed by atoms with E-state index >= 15 is 0 Å². The van der Waals surface area contributed by atoms with Crippen LogP contribution >= 0.6 is 0 Å². The maximum Gasteiger partial charge on any atom is 0.242 e. The fraction of sp³-hybridized carbons (Fsp3) is 0.778. The van der Waals surface area contributed by atoms with Crippen LogP contribution in [0.2, 0.25) is 0 Å². The minimum Gasteiger partial charge on any atom is -0.356 e. The molecule has 0 aliphatic rings. The standard InChI is InChI=1S/C9H21N5O/c1-5-11-8(14-10)12-6-7(15)13-9(2,3)4/h5-6,10H2,1-4H3,(H,13,15)(H2,11,12,14). The summed E-state index contributed by atoms with van der Waals surface area (Å²) in [4.78, 5) is 15.3. The highest BCUT2D eigenvalue weighted by Crippen LogP contribution is 1.97. The molecule has 0 saturated carbocycles. The molecule has 0 bridgehead atoms. The van der Waals surface area contributed by atoms with Crippen molar-refractivity contribution >= 4 is 11.9 Å². The predicted molar refractivity (Wildman–Crippen MR) is 61.2 cm³/mol. The number of rotatable bonds is 3. The van der Waals surface area contributed by atoms with Crippen LogP contribution in [0.25, 0.3) is 0 Å². The molecule has 0 unspecified atom stereocenters. The predicted octanol–water partition coefficient (Wildman–Crippen LogP) is -0.670. The van der Waals surface area contributed by atoms with Gasteiger partial charge in [-0.05, 0) is 27.7 Å². The van der Waals surface area contributed by atoms with E-state index in [0.717, 1.165) is 0 Å². The second-order valence-corrected chi connectivity index (χ2v) is 4.14. The number of aliphatic imine (C=N–C) groups is 1. The maximum atomic E-state index is 11.4. The van der Waals surface area contributed by atoms with Crippen LogP contribution in [-0.4, -0.2) is 30.5 Å². The Morgan fingerprint density at radius 1 is 1.40 bits per heavy atom. The van der Waals surface area contributed by atoms with Crippen molar-refractivity contribution in [1.82, 2.24) is 16.1 Å². The van der Waals surface area contributed by atoms with Crippen LogP contribution in [0.4, 0.5) is 0 Å². The number of carbonyl (C=O) groups is 1. The molecule has 0 fully saturated rings. The lowest BCUT2D eigenvalue weighted by Gasteiger charge is -2.19. The largest absolute Gasteiger partial charge is 0.356 e. The third kappa shape index (κ3) is 7.75. The fourth-order valence-corrected chi connectivity index (χ4v) is 0.929. The second kappa shape index (κ2) is 6.23. The van der Waals surface area contributed by atoms with E-state index in [1.165, 1.54) is 0 Å². The minimum absolute atomic E-state index is 0.0593. The van der Waals surface area contributed by atoms with Crippen LogP contribution in [0.15, 0.2) is 4.99 Å². The molecule has 6 nitrogen and oxygen atoms in total. The highest BCUT2D eigenvalue weighted by molar-refractivity contribution is 5.84. The highest BCUT2D eigenvalue weighted by atomic mass is 16.2. The van der Waals surface area contributed by atoms with Gasteiger partial charge in [0.2, 0.25) is 11.9 Å². The summed E-state index contributed by atoms with van der Waals surface area (Å²) >= 11 is 0. The van der Waals surface area contributed by atoms with E-state index in [4.69, 9.17) is 5.84 Å². The molecule has 0 rings (SSSR count). The zero-order chi connectivity index (χ0) is 11.9. The molecular formula is C9H21N5O. The quantitative estimate of drug-likeness (QED) is 0.217. The van der Waals surface area contributed by atoms with Gasteiger partial charge in [0.05, 0.1) is 0 Å². The van der Waals surface area contributed by atoms with Gasteiger partial charge in [0.15, 0.2) is 0 Å². The molecule has 0 atom stereocenters. The van der Waals surface area contributed by atoms with E-state index < -0.39 is 0 Å². The van der Waals surface area contributed by atoms with E-state index in [1.807, 2.05) is 27.7 Å². The Kier molecular flexibility index (Phi) is 5.69. The Morgan fingerprint density at radius 2 is 2.00 bits per heavy atom. The van der Waals surface area contributed by atoms with Gasteiger partial charge in [-0.25, -0.2) is 10.8 Å². The van der Waals surface area contributed by atoms with E-state index in [2.05, 4.69) is 21.1 Å². The van der Waals surface area contributed by atoms with Crippen LogP contribution in [0.3, 0.4) is 0 Å². The van der Waals surface area contributed by atoms with Gasteiger partial charge < -0.3 is 10.6 Å². The summed E-state index contributed by atoms with van der Waals surface area (Å²) in [6.45, 7) is 8.43. The van der Waals surface area contributed by atoms with Crippen LogP contribution < -0.4 is 21.9 Å². The second-order valence-electron chi connectivity index (χ2n) is 4.14. The lowest BCUT2D eigenvalue weighted by atomic mass is 10.1. The molecule has 0 aromatic rings. The van der Waals surface area contributed by atoms with Gasteiger partial charge in [-0.2, -0.15) is 0 Å². The van der Waals surface area contributed by atoms with Gasteiger partial charge in [-0.1, -0.05) is 0 Å². The molecule has 0 aromatic heterocycles. The smallest absolute Gasteiger partial charge is 0.242 e. The van der Waals surface area contributed by atoms with Gasteiger partial charge in [-0.3, -0.25) is 10.2 Å². The number of nitrogens with two attached hydrogens (primary N) is 1. The number of carbonyl (C=O) groups excluding carboxylic acids is 1. The first kappa shape index (κ1) is 13.7. The molecule has 88 valence electrons. The Bertz CT molecular complexity index is 231. The summed E-state index contributed by atoms with van der Waals surface area (Å²) in [7, 11) is 0. The average molecular weight is 215 g/mol. The third-order valence-corrected chi connectivity index (χ3v) is 1.38. The molecule has 0 radical (unpaired) electrons. The van der Waals surface area contributed by atoms with E-state index in [1.54, 1.807) is 0 Å². The molecule has 0 saturated heterocycles. The van der Waals surface area contributed by atoms with Crippen molar-refractivity contribution < 1.29 is 4.79 Å². The summed E-state index contributed by atoms with van der Waals surface area (Å²) in [6.07, 6.45) is 0. The van der Waals surface area contributed by atoms with Crippen molar-refractivity contribution in [3.8, 4) is 0 Å². The molecule has 0 aromatic carbocycles. The number of guanidine groups is 1. The number of nitrogens with zero attached hydrogens (tertiary/aromatic N) is 1. The Labute approximate surface area is 90.7 Å². The van der Waals surface area contributed by atoms with Gasteiger partial charge in [-0.15, -0.1) is 0 Å². The van der Waals surface area contributed by atoms with Gasteiger partial charge in [0.25, 0.3) is 0 Å². The zero-order valence-electron chi connectivity index (χ0n) is 9.85. The number of amides is 1. The summed E-state index contributed by atoms with van der Waals surface area (Å²) in [6, 6.07) is 0. The molecule has 15 heavy (non-hydrogen) atoms. The van der Waals surface area contributed by atoms with Gasteiger partial charge >= 0.3 is 0 Å².